The van der Waals surface area contributed by atoms with Gasteiger partial charge in [0.1, 0.15) is 5.75 Å². The number of rotatable bonds is 5. The van der Waals surface area contributed by atoms with Crippen LogP contribution in [-0.4, -0.2) is 31.5 Å². The minimum absolute atomic E-state index is 0.117. The summed E-state index contributed by atoms with van der Waals surface area (Å²) in [5.41, 5.74) is 4.54. The molecular formula is C15H17ClN2O5. The fourth-order valence-corrected chi connectivity index (χ4v) is 2.15. The zero-order valence-electron chi connectivity index (χ0n) is 12.7. The van der Waals surface area contributed by atoms with Crippen LogP contribution in [0.1, 0.15) is 23.7 Å². The lowest BCUT2D eigenvalue weighted by atomic mass is 10.2. The standard InChI is InChI=1S/C15H17ClN2O5/c1-8-5-10(8)15(21)23-7-13(19)17-18-14(20)11-6-9(16)3-4-12(11)22-2/h3-4,6,8,10H,5,7H2,1-2H3,(H,17,19)(H,18,20)/t8-,10-/m0/s1. The van der Waals surface area contributed by atoms with E-state index in [1.54, 1.807) is 6.07 Å². The first-order valence-electron chi connectivity index (χ1n) is 7.01. The minimum atomic E-state index is -0.638. The molecule has 1 fully saturated rings. The molecule has 1 saturated carbocycles. The number of esters is 1. The Kier molecular flexibility index (Phi) is 5.44. The van der Waals surface area contributed by atoms with E-state index in [2.05, 4.69) is 10.9 Å². The van der Waals surface area contributed by atoms with E-state index < -0.39 is 24.4 Å². The lowest BCUT2D eigenvalue weighted by Crippen LogP contribution is -2.43. The Morgan fingerprint density at radius 1 is 1.30 bits per heavy atom. The van der Waals surface area contributed by atoms with Gasteiger partial charge in [0.25, 0.3) is 11.8 Å². The van der Waals surface area contributed by atoms with Crippen molar-refractivity contribution in [3.8, 4) is 5.75 Å². The molecule has 0 spiro atoms. The highest BCUT2D eigenvalue weighted by molar-refractivity contribution is 6.31. The van der Waals surface area contributed by atoms with Crippen LogP contribution < -0.4 is 15.6 Å². The van der Waals surface area contributed by atoms with Crippen LogP contribution in [0.3, 0.4) is 0 Å². The van der Waals surface area contributed by atoms with Crippen LogP contribution in [0.4, 0.5) is 0 Å². The van der Waals surface area contributed by atoms with Gasteiger partial charge in [0.2, 0.25) is 0 Å². The third kappa shape index (κ3) is 4.59. The number of carbonyl (C=O) groups is 3. The summed E-state index contributed by atoms with van der Waals surface area (Å²) in [6.07, 6.45) is 0.783. The van der Waals surface area contributed by atoms with Crippen molar-refractivity contribution in [3.05, 3.63) is 28.8 Å². The van der Waals surface area contributed by atoms with Gasteiger partial charge < -0.3 is 9.47 Å². The first-order valence-corrected chi connectivity index (χ1v) is 7.39. The highest BCUT2D eigenvalue weighted by Crippen LogP contribution is 2.38. The largest absolute Gasteiger partial charge is 0.496 e. The molecule has 23 heavy (non-hydrogen) atoms. The second-order valence-electron chi connectivity index (χ2n) is 5.27. The molecule has 2 N–H and O–H groups in total. The highest BCUT2D eigenvalue weighted by atomic mass is 35.5. The van der Waals surface area contributed by atoms with Crippen molar-refractivity contribution in [2.45, 2.75) is 13.3 Å². The van der Waals surface area contributed by atoms with E-state index in [-0.39, 0.29) is 11.5 Å². The molecule has 0 radical (unpaired) electrons. The van der Waals surface area contributed by atoms with Gasteiger partial charge in [-0.15, -0.1) is 0 Å². The van der Waals surface area contributed by atoms with E-state index in [0.717, 1.165) is 6.42 Å². The van der Waals surface area contributed by atoms with E-state index in [9.17, 15) is 14.4 Å². The Bertz CT molecular complexity index is 634. The van der Waals surface area contributed by atoms with E-state index in [0.29, 0.717) is 16.7 Å². The van der Waals surface area contributed by atoms with Crippen molar-refractivity contribution < 1.29 is 23.9 Å². The average Bonchev–Trinajstić information content (AvgIpc) is 3.27. The minimum Gasteiger partial charge on any atom is -0.496 e. The molecule has 0 aromatic heterocycles. The van der Waals surface area contributed by atoms with Gasteiger partial charge in [-0.1, -0.05) is 18.5 Å². The third-order valence-corrected chi connectivity index (χ3v) is 3.71. The average molecular weight is 341 g/mol. The van der Waals surface area contributed by atoms with Crippen LogP contribution in [0.25, 0.3) is 0 Å². The molecule has 2 amide bonds. The maximum atomic E-state index is 12.0. The number of hydrazine groups is 1. The number of nitrogens with one attached hydrogen (secondary N) is 2. The molecule has 7 nitrogen and oxygen atoms in total. The number of carbonyl (C=O) groups excluding carboxylic acids is 3. The van der Waals surface area contributed by atoms with Gasteiger partial charge in [0, 0.05) is 5.02 Å². The van der Waals surface area contributed by atoms with E-state index in [1.165, 1.54) is 19.2 Å². The molecule has 0 saturated heterocycles. The summed E-state index contributed by atoms with van der Waals surface area (Å²) < 4.78 is 9.90. The molecule has 1 aliphatic carbocycles. The van der Waals surface area contributed by atoms with Crippen molar-refractivity contribution in [2.24, 2.45) is 11.8 Å². The van der Waals surface area contributed by atoms with Gasteiger partial charge in [-0.2, -0.15) is 0 Å². The molecule has 1 aromatic carbocycles. The zero-order valence-corrected chi connectivity index (χ0v) is 13.5. The van der Waals surface area contributed by atoms with Crippen molar-refractivity contribution in [1.29, 1.82) is 0 Å². The van der Waals surface area contributed by atoms with Crippen LogP contribution in [-0.2, 0) is 14.3 Å². The van der Waals surface area contributed by atoms with Crippen molar-refractivity contribution in [2.75, 3.05) is 13.7 Å². The topological polar surface area (TPSA) is 93.7 Å². The molecule has 1 aromatic rings. The predicted octanol–water partition coefficient (Wildman–Crippen LogP) is 1.31. The number of halogens is 1. The van der Waals surface area contributed by atoms with Crippen LogP contribution in [0.5, 0.6) is 5.75 Å². The number of amides is 2. The van der Waals surface area contributed by atoms with Gasteiger partial charge in [-0.25, -0.2) is 0 Å². The number of hydrogen-bond acceptors (Lipinski definition) is 5. The van der Waals surface area contributed by atoms with E-state index in [4.69, 9.17) is 21.1 Å². The SMILES string of the molecule is COc1ccc(Cl)cc1C(=O)NNC(=O)COC(=O)[C@H]1C[C@@H]1C. The van der Waals surface area contributed by atoms with Gasteiger partial charge >= 0.3 is 5.97 Å². The molecule has 0 bridgehead atoms. The van der Waals surface area contributed by atoms with E-state index in [1.807, 2.05) is 6.92 Å². The third-order valence-electron chi connectivity index (χ3n) is 3.48. The van der Waals surface area contributed by atoms with Gasteiger partial charge in [-0.05, 0) is 30.5 Å². The van der Waals surface area contributed by atoms with Crippen LogP contribution in [0, 0.1) is 11.8 Å². The smallest absolute Gasteiger partial charge is 0.309 e. The number of ether oxygens (including phenoxy) is 2. The van der Waals surface area contributed by atoms with Crippen molar-refractivity contribution >= 4 is 29.4 Å². The van der Waals surface area contributed by atoms with Gasteiger partial charge in [0.15, 0.2) is 6.61 Å². The van der Waals surface area contributed by atoms with Gasteiger partial charge in [-0.3, -0.25) is 25.2 Å². The lowest BCUT2D eigenvalue weighted by Gasteiger charge is -2.11. The first kappa shape index (κ1) is 17.1. The maximum absolute atomic E-state index is 12.0. The molecule has 8 heteroatoms. The lowest BCUT2D eigenvalue weighted by molar-refractivity contribution is -0.150. The van der Waals surface area contributed by atoms with Crippen LogP contribution >= 0.6 is 11.6 Å². The molecule has 124 valence electrons. The van der Waals surface area contributed by atoms with E-state index >= 15 is 0 Å². The van der Waals surface area contributed by atoms with Crippen LogP contribution in [0.2, 0.25) is 5.02 Å². The molecule has 0 heterocycles. The van der Waals surface area contributed by atoms with Crippen molar-refractivity contribution in [1.82, 2.24) is 10.9 Å². The molecule has 2 rings (SSSR count). The molecule has 0 unspecified atom stereocenters. The summed E-state index contributed by atoms with van der Waals surface area (Å²) in [5.74, 6) is -1.12. The molecule has 2 atom stereocenters. The first-order chi connectivity index (χ1) is 10.9. The normalized spacial score (nSPS) is 18.7. The number of methoxy groups -OCH3 is 1. The fraction of sp³-hybridized carbons (Fsp3) is 0.400. The molecule has 0 aliphatic heterocycles. The Hall–Kier alpha value is -2.28. The second kappa shape index (κ2) is 7.32. The predicted molar refractivity (Wildman–Crippen MR) is 81.8 cm³/mol. The summed E-state index contributed by atoms with van der Waals surface area (Å²) in [7, 11) is 1.41. The van der Waals surface area contributed by atoms with Gasteiger partial charge in [0.05, 0.1) is 18.6 Å². The quantitative estimate of drug-likeness (QED) is 0.622. The second-order valence-corrected chi connectivity index (χ2v) is 5.71. The van der Waals surface area contributed by atoms with Crippen LogP contribution in [0.15, 0.2) is 18.2 Å². The summed E-state index contributed by atoms with van der Waals surface area (Å²) in [5, 5.41) is 0.356. The maximum Gasteiger partial charge on any atom is 0.309 e. The summed E-state index contributed by atoms with van der Waals surface area (Å²) >= 11 is 5.83. The summed E-state index contributed by atoms with van der Waals surface area (Å²) in [6, 6.07) is 4.53. The number of hydrogen-bond donors (Lipinski definition) is 2. The Morgan fingerprint density at radius 2 is 2.00 bits per heavy atom. The zero-order chi connectivity index (χ0) is 17.0. The van der Waals surface area contributed by atoms with Crippen molar-refractivity contribution in [3.63, 3.8) is 0 Å². The monoisotopic (exact) mass is 340 g/mol. The summed E-state index contributed by atoms with van der Waals surface area (Å²) in [6.45, 7) is 1.49. The highest BCUT2D eigenvalue weighted by Gasteiger charge is 2.40. The Morgan fingerprint density at radius 3 is 2.61 bits per heavy atom. The summed E-state index contributed by atoms with van der Waals surface area (Å²) in [4.78, 5) is 35.1. The number of benzene rings is 1. The molecule has 1 aliphatic rings. The molecular weight excluding hydrogens is 324 g/mol. The Balaban J connectivity index is 1.80. The fourth-order valence-electron chi connectivity index (χ4n) is 1.98. The Labute approximate surface area is 138 Å².